The summed E-state index contributed by atoms with van der Waals surface area (Å²) < 4.78 is 0. The van der Waals surface area contributed by atoms with Crippen molar-refractivity contribution in [3.63, 3.8) is 0 Å². The van der Waals surface area contributed by atoms with Crippen molar-refractivity contribution in [2.24, 2.45) is 16.6 Å². The molecule has 0 amide bonds. The third kappa shape index (κ3) is 3.32. The molecule has 0 aromatic carbocycles. The van der Waals surface area contributed by atoms with Gasteiger partial charge < -0.3 is 11.1 Å². The zero-order valence-electron chi connectivity index (χ0n) is 7.38. The van der Waals surface area contributed by atoms with E-state index in [2.05, 4.69) is 4.99 Å². The van der Waals surface area contributed by atoms with Crippen LogP contribution in [0.25, 0.3) is 0 Å². The second-order valence-electron chi connectivity index (χ2n) is 3.15. The molecule has 0 saturated heterocycles. The van der Waals surface area contributed by atoms with Gasteiger partial charge in [-0.3, -0.25) is 4.99 Å². The summed E-state index contributed by atoms with van der Waals surface area (Å²) in [6.07, 6.45) is 6.89. The molecule has 0 aliphatic heterocycles. The molecule has 0 bridgehead atoms. The predicted molar refractivity (Wildman–Crippen MR) is 51.8 cm³/mol. The fraction of sp³-hybridized carbons (Fsp3) is 0.556. The van der Waals surface area contributed by atoms with Gasteiger partial charge in [-0.25, -0.2) is 0 Å². The Kier molecular flexibility index (Phi) is 3.02. The largest absolute Gasteiger partial charge is 0.384 e. The molecular weight excluding hydrogens is 150 g/mol. The monoisotopic (exact) mass is 165 g/mol. The number of amidine groups is 1. The number of nitrogens with one attached hydrogen (secondary N) is 1. The van der Waals surface area contributed by atoms with Gasteiger partial charge in [-0.05, 0) is 37.3 Å². The van der Waals surface area contributed by atoms with E-state index < -0.39 is 0 Å². The zero-order valence-corrected chi connectivity index (χ0v) is 7.38. The van der Waals surface area contributed by atoms with Gasteiger partial charge >= 0.3 is 0 Å². The van der Waals surface area contributed by atoms with Crippen LogP contribution in [0.1, 0.15) is 19.3 Å². The van der Waals surface area contributed by atoms with Gasteiger partial charge in [-0.15, -0.1) is 0 Å². The topological polar surface area (TPSA) is 62.2 Å². The third-order valence-corrected chi connectivity index (χ3v) is 1.92. The molecule has 3 nitrogen and oxygen atoms in total. The molecule has 3 heteroatoms. The molecule has 1 rings (SSSR count). The lowest BCUT2D eigenvalue weighted by molar-refractivity contribution is 0.893. The third-order valence-electron chi connectivity index (χ3n) is 1.92. The molecule has 0 spiro atoms. The molecule has 1 aliphatic carbocycles. The smallest absolute Gasteiger partial charge is 0.117 e. The highest BCUT2D eigenvalue weighted by molar-refractivity contribution is 6.00. The molecule has 0 unspecified atom stereocenters. The van der Waals surface area contributed by atoms with Gasteiger partial charge in [0.1, 0.15) is 5.84 Å². The second-order valence-corrected chi connectivity index (χ2v) is 3.15. The van der Waals surface area contributed by atoms with Crippen LogP contribution in [0.4, 0.5) is 0 Å². The van der Waals surface area contributed by atoms with E-state index in [1.807, 2.05) is 0 Å². The summed E-state index contributed by atoms with van der Waals surface area (Å²) in [6, 6.07) is 0. The Hall–Kier alpha value is -1.12. The first-order chi connectivity index (χ1) is 5.72. The molecule has 1 fully saturated rings. The average molecular weight is 165 g/mol. The quantitative estimate of drug-likeness (QED) is 0.479. The Labute approximate surface area is 72.9 Å². The lowest BCUT2D eigenvalue weighted by atomic mass is 10.2. The van der Waals surface area contributed by atoms with E-state index in [4.69, 9.17) is 11.1 Å². The molecule has 66 valence electrons. The Morgan fingerprint density at radius 3 is 2.75 bits per heavy atom. The number of allylic oxidation sites excluding steroid dienone is 1. The summed E-state index contributed by atoms with van der Waals surface area (Å²) >= 11 is 0. The van der Waals surface area contributed by atoms with Gasteiger partial charge in [0.15, 0.2) is 0 Å². The first-order valence-corrected chi connectivity index (χ1v) is 4.20. The first-order valence-electron chi connectivity index (χ1n) is 4.20. The minimum Gasteiger partial charge on any atom is -0.384 e. The summed E-state index contributed by atoms with van der Waals surface area (Å²) in [5.41, 5.74) is 6.09. The minimum atomic E-state index is 0.482. The Morgan fingerprint density at radius 1 is 1.58 bits per heavy atom. The van der Waals surface area contributed by atoms with Gasteiger partial charge in [-0.1, -0.05) is 0 Å². The van der Waals surface area contributed by atoms with E-state index in [1.165, 1.54) is 12.8 Å². The molecular formula is C9H15N3. The van der Waals surface area contributed by atoms with Crippen LogP contribution < -0.4 is 5.73 Å². The summed E-state index contributed by atoms with van der Waals surface area (Å²) in [6.45, 7) is 0. The Bertz CT molecular complexity index is 224. The minimum absolute atomic E-state index is 0.482. The number of nitrogens with zero attached hydrogens (tertiary/aromatic N) is 1. The molecule has 12 heavy (non-hydrogen) atoms. The van der Waals surface area contributed by atoms with Gasteiger partial charge in [0.25, 0.3) is 0 Å². The number of nitrogens with two attached hydrogens (primary N) is 1. The van der Waals surface area contributed by atoms with Crippen molar-refractivity contribution >= 4 is 11.5 Å². The zero-order chi connectivity index (χ0) is 8.97. The van der Waals surface area contributed by atoms with E-state index in [1.54, 1.807) is 19.2 Å². The van der Waals surface area contributed by atoms with Crippen molar-refractivity contribution in [3.05, 3.63) is 12.2 Å². The molecule has 0 radical (unpaired) electrons. The van der Waals surface area contributed by atoms with Gasteiger partial charge in [0, 0.05) is 12.8 Å². The van der Waals surface area contributed by atoms with Crippen LogP contribution in [0, 0.1) is 11.3 Å². The van der Waals surface area contributed by atoms with Crippen LogP contribution >= 0.6 is 0 Å². The van der Waals surface area contributed by atoms with Crippen LogP contribution in [-0.4, -0.2) is 18.6 Å². The van der Waals surface area contributed by atoms with Gasteiger partial charge in [0.05, 0.1) is 0 Å². The van der Waals surface area contributed by atoms with E-state index in [0.29, 0.717) is 11.5 Å². The molecule has 0 aromatic heterocycles. The highest BCUT2D eigenvalue weighted by Crippen LogP contribution is 2.32. The molecule has 1 saturated carbocycles. The van der Waals surface area contributed by atoms with Crippen molar-refractivity contribution in [1.82, 2.24) is 0 Å². The molecule has 3 N–H and O–H groups in total. The summed E-state index contributed by atoms with van der Waals surface area (Å²) in [7, 11) is 1.64. The lowest BCUT2D eigenvalue weighted by Gasteiger charge is -1.93. The van der Waals surface area contributed by atoms with Gasteiger partial charge in [-0.2, -0.15) is 0 Å². The maximum atomic E-state index is 7.53. The van der Waals surface area contributed by atoms with Crippen LogP contribution in [0.5, 0.6) is 0 Å². The Morgan fingerprint density at radius 2 is 2.25 bits per heavy atom. The van der Waals surface area contributed by atoms with Crippen molar-refractivity contribution in [3.8, 4) is 0 Å². The van der Waals surface area contributed by atoms with Crippen LogP contribution in [0.2, 0.25) is 0 Å². The maximum absolute atomic E-state index is 7.53. The van der Waals surface area contributed by atoms with Crippen molar-refractivity contribution < 1.29 is 0 Å². The Balaban J connectivity index is 2.28. The lowest BCUT2D eigenvalue weighted by Crippen LogP contribution is -2.07. The summed E-state index contributed by atoms with van der Waals surface area (Å²) in [5.74, 6) is 1.25. The normalized spacial score (nSPS) is 18.6. The maximum Gasteiger partial charge on any atom is 0.117 e. The van der Waals surface area contributed by atoms with E-state index >= 15 is 0 Å². The number of hydrogen-bond donors (Lipinski definition) is 2. The van der Waals surface area contributed by atoms with Crippen LogP contribution in [0.15, 0.2) is 17.1 Å². The highest BCUT2D eigenvalue weighted by Gasteiger charge is 2.21. The average Bonchev–Trinajstić information content (AvgIpc) is 2.84. The first kappa shape index (κ1) is 8.97. The molecule has 1 aliphatic rings. The fourth-order valence-corrected chi connectivity index (χ4v) is 0.962. The number of hydrogen-bond acceptors (Lipinski definition) is 2. The summed E-state index contributed by atoms with van der Waals surface area (Å²) in [4.78, 5) is 3.77. The predicted octanol–water partition coefficient (Wildman–Crippen LogP) is 1.35. The molecule has 0 heterocycles. The number of rotatable bonds is 4. The van der Waals surface area contributed by atoms with Crippen LogP contribution in [-0.2, 0) is 0 Å². The SMILES string of the molecule is CN=C(N)/C=C\C(=N)CC1CC1. The second kappa shape index (κ2) is 4.04. The van der Waals surface area contributed by atoms with Crippen molar-refractivity contribution in [2.75, 3.05) is 7.05 Å². The summed E-state index contributed by atoms with van der Waals surface area (Å²) in [5, 5.41) is 7.53. The number of aliphatic imine (C=N–C) groups is 1. The van der Waals surface area contributed by atoms with Crippen LogP contribution in [0.3, 0.4) is 0 Å². The fourth-order valence-electron chi connectivity index (χ4n) is 0.962. The standard InChI is InChI=1S/C9H15N3/c1-12-9(11)5-4-8(10)6-7-2-3-7/h4-5,7,10H,2-3,6H2,1H3,(H2,11,12)/b5-4-,10-8?. The van der Waals surface area contributed by atoms with E-state index in [0.717, 1.165) is 12.3 Å². The van der Waals surface area contributed by atoms with Crippen molar-refractivity contribution in [1.29, 1.82) is 5.41 Å². The molecule has 0 atom stereocenters. The van der Waals surface area contributed by atoms with E-state index in [-0.39, 0.29) is 0 Å². The molecule has 0 aromatic rings. The van der Waals surface area contributed by atoms with Crippen molar-refractivity contribution in [2.45, 2.75) is 19.3 Å². The van der Waals surface area contributed by atoms with Gasteiger partial charge in [0.2, 0.25) is 0 Å². The highest BCUT2D eigenvalue weighted by atomic mass is 14.8. The van der Waals surface area contributed by atoms with E-state index in [9.17, 15) is 0 Å².